The van der Waals surface area contributed by atoms with E-state index in [4.69, 9.17) is 10.5 Å². The van der Waals surface area contributed by atoms with Gasteiger partial charge in [-0.2, -0.15) is 0 Å². The molecule has 0 saturated heterocycles. The minimum atomic E-state index is 0.148. The predicted octanol–water partition coefficient (Wildman–Crippen LogP) is 2.55. The summed E-state index contributed by atoms with van der Waals surface area (Å²) >= 11 is 0. The summed E-state index contributed by atoms with van der Waals surface area (Å²) in [5.74, 6) is 0.888. The van der Waals surface area contributed by atoms with Gasteiger partial charge in [0, 0.05) is 6.04 Å². The Hall–Kier alpha value is -1.88. The van der Waals surface area contributed by atoms with Crippen LogP contribution in [0.15, 0.2) is 22.8 Å². The molecule has 1 aromatic heterocycles. The third kappa shape index (κ3) is 3.36. The molecule has 0 radical (unpaired) electrons. The van der Waals surface area contributed by atoms with E-state index in [0.29, 0.717) is 6.61 Å². The molecule has 0 aliphatic heterocycles. The molecule has 5 heteroatoms. The van der Waals surface area contributed by atoms with Crippen LogP contribution in [0.1, 0.15) is 35.9 Å². The molecule has 0 fully saturated rings. The zero-order chi connectivity index (χ0) is 14.5. The Balaban J connectivity index is 2.15. The van der Waals surface area contributed by atoms with Crippen molar-refractivity contribution in [2.45, 2.75) is 46.3 Å². The van der Waals surface area contributed by atoms with Crippen LogP contribution in [0.25, 0.3) is 0 Å². The van der Waals surface area contributed by atoms with Gasteiger partial charge in [0.15, 0.2) is 0 Å². The Morgan fingerprint density at radius 2 is 2.10 bits per heavy atom. The largest absolute Gasteiger partial charge is 0.487 e. The van der Waals surface area contributed by atoms with Crippen LogP contribution in [0.5, 0.6) is 5.75 Å². The molecule has 1 aromatic carbocycles. The number of rotatable bonds is 6. The molecule has 0 aliphatic rings. The number of benzene rings is 1. The Bertz CT molecular complexity index is 566. The molecule has 1 atom stereocenters. The smallest absolute Gasteiger partial charge is 0.145 e. The molecule has 20 heavy (non-hydrogen) atoms. The van der Waals surface area contributed by atoms with E-state index in [9.17, 15) is 0 Å². The lowest BCUT2D eigenvalue weighted by molar-refractivity contribution is 0.267. The molecule has 1 unspecified atom stereocenters. The molecule has 2 rings (SSSR count). The number of hydrogen-bond donors (Lipinski definition) is 1. The van der Waals surface area contributed by atoms with Crippen molar-refractivity contribution in [1.82, 2.24) is 10.3 Å². The van der Waals surface area contributed by atoms with Crippen molar-refractivity contribution in [3.63, 3.8) is 0 Å². The summed E-state index contributed by atoms with van der Waals surface area (Å²) in [7, 11) is 0. The van der Waals surface area contributed by atoms with Crippen molar-refractivity contribution in [3.8, 4) is 5.75 Å². The quantitative estimate of drug-likeness (QED) is 0.877. The maximum absolute atomic E-state index is 6.05. The fourth-order valence-electron chi connectivity index (χ4n) is 2.03. The second-order valence-corrected chi connectivity index (χ2v) is 5.02. The minimum absolute atomic E-state index is 0.148. The molecule has 0 amide bonds. The van der Waals surface area contributed by atoms with Gasteiger partial charge in [-0.25, -0.2) is 4.63 Å². The number of ether oxygens (including phenoxy) is 1. The number of aryl methyl sites for hydroxylation is 2. The molecule has 0 aliphatic carbocycles. The van der Waals surface area contributed by atoms with E-state index in [1.54, 1.807) is 0 Å². The SMILES string of the molecule is CCC(N)Cc1cccc(C)c1OCc1nonc1C. The average Bonchev–Trinajstić information content (AvgIpc) is 2.83. The fourth-order valence-corrected chi connectivity index (χ4v) is 2.03. The molecule has 1 heterocycles. The molecule has 2 N–H and O–H groups in total. The van der Waals surface area contributed by atoms with E-state index in [1.807, 2.05) is 26.0 Å². The van der Waals surface area contributed by atoms with Gasteiger partial charge in [-0.15, -0.1) is 0 Å². The number of aromatic nitrogens is 2. The van der Waals surface area contributed by atoms with E-state index in [0.717, 1.165) is 41.1 Å². The second kappa shape index (κ2) is 6.52. The van der Waals surface area contributed by atoms with Crippen LogP contribution >= 0.6 is 0 Å². The predicted molar refractivity (Wildman–Crippen MR) is 76.5 cm³/mol. The summed E-state index contributed by atoms with van der Waals surface area (Å²) in [5.41, 5.74) is 9.75. The normalized spacial score (nSPS) is 12.4. The number of hydrogen-bond acceptors (Lipinski definition) is 5. The maximum Gasteiger partial charge on any atom is 0.145 e. The number of nitrogens with zero attached hydrogens (tertiary/aromatic N) is 2. The molecule has 0 spiro atoms. The molecule has 5 nitrogen and oxygen atoms in total. The van der Waals surface area contributed by atoms with E-state index in [2.05, 4.69) is 27.9 Å². The summed E-state index contributed by atoms with van der Waals surface area (Å²) in [4.78, 5) is 0. The first-order chi connectivity index (χ1) is 9.61. The topological polar surface area (TPSA) is 74.2 Å². The first-order valence-electron chi connectivity index (χ1n) is 6.86. The van der Waals surface area contributed by atoms with Crippen LogP contribution in [0, 0.1) is 13.8 Å². The van der Waals surface area contributed by atoms with Crippen molar-refractivity contribution in [2.24, 2.45) is 5.73 Å². The first kappa shape index (κ1) is 14.5. The monoisotopic (exact) mass is 275 g/mol. The molecule has 108 valence electrons. The molecular weight excluding hydrogens is 254 g/mol. The van der Waals surface area contributed by atoms with Crippen molar-refractivity contribution < 1.29 is 9.37 Å². The molecule has 2 aromatic rings. The molecular formula is C15H21N3O2. The summed E-state index contributed by atoms with van der Waals surface area (Å²) in [6.45, 7) is 6.32. The number of nitrogens with two attached hydrogens (primary N) is 1. The highest BCUT2D eigenvalue weighted by Gasteiger charge is 2.12. The van der Waals surface area contributed by atoms with Crippen LogP contribution < -0.4 is 10.5 Å². The van der Waals surface area contributed by atoms with Gasteiger partial charge in [-0.1, -0.05) is 35.4 Å². The zero-order valence-electron chi connectivity index (χ0n) is 12.2. The lowest BCUT2D eigenvalue weighted by Crippen LogP contribution is -2.21. The highest BCUT2D eigenvalue weighted by atomic mass is 16.6. The van der Waals surface area contributed by atoms with Crippen molar-refractivity contribution >= 4 is 0 Å². The third-order valence-corrected chi connectivity index (χ3v) is 3.40. The van der Waals surface area contributed by atoms with Crippen LogP contribution in [-0.4, -0.2) is 16.4 Å². The van der Waals surface area contributed by atoms with Crippen LogP contribution in [0.4, 0.5) is 0 Å². The van der Waals surface area contributed by atoms with E-state index in [1.165, 1.54) is 0 Å². The van der Waals surface area contributed by atoms with Gasteiger partial charge in [-0.3, -0.25) is 0 Å². The maximum atomic E-state index is 6.05. The Labute approximate surface area is 119 Å². The van der Waals surface area contributed by atoms with Crippen molar-refractivity contribution in [2.75, 3.05) is 0 Å². The van der Waals surface area contributed by atoms with Gasteiger partial charge in [0.05, 0.1) is 0 Å². The van der Waals surface area contributed by atoms with E-state index < -0.39 is 0 Å². The number of para-hydroxylation sites is 1. The van der Waals surface area contributed by atoms with E-state index >= 15 is 0 Å². The third-order valence-electron chi connectivity index (χ3n) is 3.40. The minimum Gasteiger partial charge on any atom is -0.487 e. The van der Waals surface area contributed by atoms with E-state index in [-0.39, 0.29) is 6.04 Å². The van der Waals surface area contributed by atoms with Crippen molar-refractivity contribution in [1.29, 1.82) is 0 Å². The van der Waals surface area contributed by atoms with Crippen molar-refractivity contribution in [3.05, 3.63) is 40.7 Å². The van der Waals surface area contributed by atoms with Gasteiger partial charge < -0.3 is 10.5 Å². The van der Waals surface area contributed by atoms with Crippen LogP contribution in [-0.2, 0) is 13.0 Å². The van der Waals surface area contributed by atoms with Crippen LogP contribution in [0.3, 0.4) is 0 Å². The highest BCUT2D eigenvalue weighted by Crippen LogP contribution is 2.26. The van der Waals surface area contributed by atoms with Gasteiger partial charge in [0.2, 0.25) is 0 Å². The Morgan fingerprint density at radius 3 is 2.75 bits per heavy atom. The van der Waals surface area contributed by atoms with Gasteiger partial charge >= 0.3 is 0 Å². The summed E-state index contributed by atoms with van der Waals surface area (Å²) in [6.07, 6.45) is 1.75. The summed E-state index contributed by atoms with van der Waals surface area (Å²) in [6, 6.07) is 6.27. The zero-order valence-corrected chi connectivity index (χ0v) is 12.2. The van der Waals surface area contributed by atoms with Gasteiger partial charge in [0.25, 0.3) is 0 Å². The molecule has 0 bridgehead atoms. The standard InChI is InChI=1S/C15H21N3O2/c1-4-13(16)8-12-7-5-6-10(2)15(12)19-9-14-11(3)17-20-18-14/h5-7,13H,4,8-9,16H2,1-3H3. The first-order valence-corrected chi connectivity index (χ1v) is 6.86. The summed E-state index contributed by atoms with van der Waals surface area (Å²) < 4.78 is 10.6. The Kier molecular flexibility index (Phi) is 4.74. The second-order valence-electron chi connectivity index (χ2n) is 5.02. The lowest BCUT2D eigenvalue weighted by atomic mass is 10.0. The van der Waals surface area contributed by atoms with Gasteiger partial charge in [-0.05, 0) is 37.8 Å². The lowest BCUT2D eigenvalue weighted by Gasteiger charge is -2.16. The Morgan fingerprint density at radius 1 is 1.30 bits per heavy atom. The van der Waals surface area contributed by atoms with Gasteiger partial charge in [0.1, 0.15) is 23.7 Å². The highest BCUT2D eigenvalue weighted by molar-refractivity contribution is 5.41. The van der Waals surface area contributed by atoms with Crippen LogP contribution in [0.2, 0.25) is 0 Å². The fraction of sp³-hybridized carbons (Fsp3) is 0.467. The average molecular weight is 275 g/mol. The summed E-state index contributed by atoms with van der Waals surface area (Å²) in [5, 5.41) is 7.58. The molecule has 0 saturated carbocycles.